The van der Waals surface area contributed by atoms with E-state index in [2.05, 4.69) is 63.6 Å². The first-order valence-electron chi connectivity index (χ1n) is 13.6. The van der Waals surface area contributed by atoms with Crippen molar-refractivity contribution in [3.05, 3.63) is 71.8 Å². The van der Waals surface area contributed by atoms with Gasteiger partial charge in [0.05, 0.1) is 38.3 Å². The first-order chi connectivity index (χ1) is 19.6. The van der Waals surface area contributed by atoms with E-state index in [4.69, 9.17) is 24.3 Å². The van der Waals surface area contributed by atoms with Crippen LogP contribution in [0.25, 0.3) is 16.9 Å². The number of hydrazone groups is 1. The maximum Gasteiger partial charge on any atom is 0.160 e. The fourth-order valence-electron chi connectivity index (χ4n) is 4.71. The van der Waals surface area contributed by atoms with E-state index >= 15 is 0 Å². The Hall–Kier alpha value is -3.99. The number of hydrogen-bond acceptors (Lipinski definition) is 9. The molecule has 10 heteroatoms. The lowest BCUT2D eigenvalue weighted by atomic mass is 10.1. The molecule has 0 bridgehead atoms. The average Bonchev–Trinajstić information content (AvgIpc) is 3.42. The van der Waals surface area contributed by atoms with Crippen LogP contribution in [0.4, 0.5) is 17.3 Å². The molecular formula is C30H37N7O3. The molecule has 0 atom stereocenters. The fraction of sp³-hybridized carbons (Fsp3) is 0.367. The molecule has 1 fully saturated rings. The van der Waals surface area contributed by atoms with Gasteiger partial charge in [-0.15, -0.1) is 0 Å². The van der Waals surface area contributed by atoms with Crippen LogP contribution in [0.3, 0.4) is 0 Å². The molecule has 10 nitrogen and oxygen atoms in total. The summed E-state index contributed by atoms with van der Waals surface area (Å²) in [7, 11) is 3.44. The van der Waals surface area contributed by atoms with E-state index in [1.165, 1.54) is 5.56 Å². The fourth-order valence-corrected chi connectivity index (χ4v) is 4.71. The molecule has 0 aliphatic carbocycles. The van der Waals surface area contributed by atoms with Crippen LogP contribution in [0.2, 0.25) is 0 Å². The van der Waals surface area contributed by atoms with E-state index in [0.29, 0.717) is 32.2 Å². The topological polar surface area (TPSA) is 88.8 Å². The van der Waals surface area contributed by atoms with Crippen LogP contribution in [0.5, 0.6) is 0 Å². The van der Waals surface area contributed by atoms with Crippen LogP contribution < -0.4 is 15.2 Å². The summed E-state index contributed by atoms with van der Waals surface area (Å²) in [6.07, 6.45) is 1.80. The smallest absolute Gasteiger partial charge is 0.160 e. The van der Waals surface area contributed by atoms with Crippen molar-refractivity contribution in [3.63, 3.8) is 0 Å². The Labute approximate surface area is 235 Å². The lowest BCUT2D eigenvalue weighted by Gasteiger charge is -2.29. The van der Waals surface area contributed by atoms with Crippen molar-refractivity contribution in [1.82, 2.24) is 14.6 Å². The summed E-state index contributed by atoms with van der Waals surface area (Å²) in [6, 6.07) is 20.7. The number of hydrogen-bond donors (Lipinski definition) is 1. The standard InChI is InChI=1S/C30H37N7O3/c1-23-5-4-6-24(19-23)22-31-33-28-21-30(36-13-17-40-18-14-36)37-29(32-28)20-27(34-37)25-7-9-26(10-8-25)35(11-15-38-2)12-16-39-3/h4-10,19-22H,11-18H2,1-3H3,(H,32,33)/b31-22+. The van der Waals surface area contributed by atoms with Gasteiger partial charge in [-0.3, -0.25) is 5.43 Å². The van der Waals surface area contributed by atoms with Gasteiger partial charge in [0, 0.05) is 63.8 Å². The Morgan fingerprint density at radius 1 is 1.00 bits per heavy atom. The van der Waals surface area contributed by atoms with Crippen LogP contribution in [0, 0.1) is 6.92 Å². The summed E-state index contributed by atoms with van der Waals surface area (Å²) in [5, 5.41) is 9.41. The van der Waals surface area contributed by atoms with Crippen LogP contribution in [-0.4, -0.2) is 87.6 Å². The predicted molar refractivity (Wildman–Crippen MR) is 160 cm³/mol. The summed E-state index contributed by atoms with van der Waals surface area (Å²) in [6.45, 7) is 7.89. The third kappa shape index (κ3) is 6.77. The molecule has 1 aliphatic heterocycles. The Kier molecular flexibility index (Phi) is 9.22. The number of morpholine rings is 1. The summed E-state index contributed by atoms with van der Waals surface area (Å²) < 4.78 is 18.1. The maximum atomic E-state index is 5.60. The van der Waals surface area contributed by atoms with Gasteiger partial charge in [-0.1, -0.05) is 42.0 Å². The molecule has 1 saturated heterocycles. The maximum absolute atomic E-state index is 5.60. The predicted octanol–water partition coefficient (Wildman–Crippen LogP) is 4.09. The molecule has 0 spiro atoms. The molecule has 2 aromatic carbocycles. The minimum absolute atomic E-state index is 0.652. The number of anilines is 3. The van der Waals surface area contributed by atoms with E-state index in [-0.39, 0.29) is 0 Å². The van der Waals surface area contributed by atoms with Gasteiger partial charge in [-0.05, 0) is 24.6 Å². The second kappa shape index (κ2) is 13.4. The Balaban J connectivity index is 1.42. The van der Waals surface area contributed by atoms with E-state index < -0.39 is 0 Å². The Bertz CT molecular complexity index is 1410. The molecule has 0 saturated carbocycles. The molecule has 0 radical (unpaired) electrons. The molecule has 1 aliphatic rings. The van der Waals surface area contributed by atoms with Crippen molar-refractivity contribution in [2.24, 2.45) is 5.10 Å². The van der Waals surface area contributed by atoms with Gasteiger partial charge in [0.15, 0.2) is 11.5 Å². The number of aromatic nitrogens is 3. The minimum atomic E-state index is 0.652. The lowest BCUT2D eigenvalue weighted by Crippen LogP contribution is -2.37. The van der Waals surface area contributed by atoms with Crippen molar-refractivity contribution in [1.29, 1.82) is 0 Å². The number of fused-ring (bicyclic) bond motifs is 1. The SMILES string of the molecule is COCCN(CCOC)c1ccc(-c2cc3nc(N/N=C/c4cccc(C)c4)cc(N4CCOCC4)n3n2)cc1. The van der Waals surface area contributed by atoms with Gasteiger partial charge < -0.3 is 24.0 Å². The van der Waals surface area contributed by atoms with Crippen LogP contribution >= 0.6 is 0 Å². The number of benzene rings is 2. The summed E-state index contributed by atoms with van der Waals surface area (Å²) in [5.41, 5.74) is 9.08. The first kappa shape index (κ1) is 27.6. The first-order valence-corrected chi connectivity index (χ1v) is 13.6. The average molecular weight is 544 g/mol. The van der Waals surface area contributed by atoms with Crippen LogP contribution in [-0.2, 0) is 14.2 Å². The number of ether oxygens (including phenoxy) is 3. The van der Waals surface area contributed by atoms with Crippen LogP contribution in [0.1, 0.15) is 11.1 Å². The van der Waals surface area contributed by atoms with Crippen molar-refractivity contribution in [2.75, 3.05) is 82.1 Å². The third-order valence-electron chi connectivity index (χ3n) is 6.84. The molecule has 210 valence electrons. The van der Waals surface area contributed by atoms with Gasteiger partial charge in [0.25, 0.3) is 0 Å². The second-order valence-corrected chi connectivity index (χ2v) is 9.70. The van der Waals surface area contributed by atoms with Gasteiger partial charge in [-0.25, -0.2) is 4.98 Å². The van der Waals surface area contributed by atoms with Crippen molar-refractivity contribution in [3.8, 4) is 11.3 Å². The van der Waals surface area contributed by atoms with Gasteiger partial charge in [0.2, 0.25) is 0 Å². The molecule has 0 unspecified atom stereocenters. The highest BCUT2D eigenvalue weighted by Gasteiger charge is 2.18. The molecule has 3 heterocycles. The number of methoxy groups -OCH3 is 2. The largest absolute Gasteiger partial charge is 0.383 e. The molecule has 0 amide bonds. The zero-order valence-corrected chi connectivity index (χ0v) is 23.4. The zero-order valence-electron chi connectivity index (χ0n) is 23.4. The Morgan fingerprint density at radius 3 is 2.45 bits per heavy atom. The van der Waals surface area contributed by atoms with E-state index in [9.17, 15) is 0 Å². The lowest BCUT2D eigenvalue weighted by molar-refractivity contribution is 0.122. The van der Waals surface area contributed by atoms with Gasteiger partial charge in [0.1, 0.15) is 5.82 Å². The highest BCUT2D eigenvalue weighted by atomic mass is 16.5. The third-order valence-corrected chi connectivity index (χ3v) is 6.84. The normalized spacial score (nSPS) is 13.8. The van der Waals surface area contributed by atoms with Crippen molar-refractivity contribution >= 4 is 29.2 Å². The summed E-state index contributed by atoms with van der Waals surface area (Å²) in [5.74, 6) is 1.61. The quantitative estimate of drug-likeness (QED) is 0.211. The van der Waals surface area contributed by atoms with E-state index in [1.54, 1.807) is 20.4 Å². The number of nitrogens with zero attached hydrogens (tertiary/aromatic N) is 6. The monoisotopic (exact) mass is 543 g/mol. The Morgan fingerprint density at radius 2 is 1.75 bits per heavy atom. The van der Waals surface area contributed by atoms with Gasteiger partial charge >= 0.3 is 0 Å². The minimum Gasteiger partial charge on any atom is -0.383 e. The highest BCUT2D eigenvalue weighted by molar-refractivity contribution is 5.80. The van der Waals surface area contributed by atoms with Crippen molar-refractivity contribution in [2.45, 2.75) is 6.92 Å². The van der Waals surface area contributed by atoms with E-state index in [0.717, 1.165) is 60.2 Å². The highest BCUT2D eigenvalue weighted by Crippen LogP contribution is 2.27. The molecular weight excluding hydrogens is 506 g/mol. The van der Waals surface area contributed by atoms with Crippen molar-refractivity contribution < 1.29 is 14.2 Å². The number of aryl methyl sites for hydroxylation is 1. The molecule has 1 N–H and O–H groups in total. The molecule has 5 rings (SSSR count). The van der Waals surface area contributed by atoms with E-state index in [1.807, 2.05) is 28.8 Å². The summed E-state index contributed by atoms with van der Waals surface area (Å²) >= 11 is 0. The van der Waals surface area contributed by atoms with Crippen LogP contribution in [0.15, 0.2) is 65.8 Å². The number of rotatable bonds is 12. The molecule has 2 aromatic heterocycles. The second-order valence-electron chi connectivity index (χ2n) is 9.70. The molecule has 4 aromatic rings. The number of nitrogens with one attached hydrogen (secondary N) is 1. The van der Waals surface area contributed by atoms with Gasteiger partial charge in [-0.2, -0.15) is 14.7 Å². The molecule has 40 heavy (non-hydrogen) atoms. The summed E-state index contributed by atoms with van der Waals surface area (Å²) in [4.78, 5) is 9.35. The zero-order chi connectivity index (χ0) is 27.7.